The van der Waals surface area contributed by atoms with Gasteiger partial charge in [0.25, 0.3) is 0 Å². The molecule has 0 radical (unpaired) electrons. The summed E-state index contributed by atoms with van der Waals surface area (Å²) in [6, 6.07) is 5.27. The average molecular weight is 306 g/mol. The van der Waals surface area contributed by atoms with Gasteiger partial charge in [0.15, 0.2) is 0 Å². The number of anilines is 1. The van der Waals surface area contributed by atoms with Gasteiger partial charge in [0.1, 0.15) is 0 Å². The highest BCUT2D eigenvalue weighted by atomic mass is 32.2. The molecule has 2 heterocycles. The molecule has 1 aromatic rings. The van der Waals surface area contributed by atoms with E-state index < -0.39 is 5.97 Å². The van der Waals surface area contributed by atoms with Crippen LogP contribution in [0.3, 0.4) is 0 Å². The number of carbonyl (C=O) groups is 2. The van der Waals surface area contributed by atoms with Gasteiger partial charge in [-0.2, -0.15) is 11.8 Å². The summed E-state index contributed by atoms with van der Waals surface area (Å²) in [5.41, 5.74) is 2.04. The van der Waals surface area contributed by atoms with Crippen LogP contribution in [0.4, 0.5) is 10.5 Å². The van der Waals surface area contributed by atoms with E-state index in [1.165, 1.54) is 0 Å². The number of amides is 2. The Labute approximate surface area is 127 Å². The SMILES string of the molecule is CC1CSCCN1C(=O)N1CCc2ccc(C(=O)O)cc21. The highest BCUT2D eigenvalue weighted by Gasteiger charge is 2.32. The maximum absolute atomic E-state index is 12.7. The molecule has 0 spiro atoms. The molecule has 6 heteroatoms. The maximum Gasteiger partial charge on any atom is 0.335 e. The first-order valence-electron chi connectivity index (χ1n) is 7.10. The van der Waals surface area contributed by atoms with Crippen LogP contribution >= 0.6 is 11.8 Å². The molecule has 0 saturated carbocycles. The molecule has 3 rings (SSSR count). The van der Waals surface area contributed by atoms with Crippen LogP contribution in [0.15, 0.2) is 18.2 Å². The number of carboxylic acids is 1. The summed E-state index contributed by atoms with van der Waals surface area (Å²) in [7, 11) is 0. The van der Waals surface area contributed by atoms with Gasteiger partial charge in [0.2, 0.25) is 0 Å². The highest BCUT2D eigenvalue weighted by Crippen LogP contribution is 2.31. The van der Waals surface area contributed by atoms with E-state index in [4.69, 9.17) is 5.11 Å². The van der Waals surface area contributed by atoms with Crippen molar-refractivity contribution in [3.63, 3.8) is 0 Å². The minimum Gasteiger partial charge on any atom is -0.478 e. The molecule has 5 nitrogen and oxygen atoms in total. The Morgan fingerprint density at radius 1 is 1.33 bits per heavy atom. The van der Waals surface area contributed by atoms with Crippen LogP contribution in [0.1, 0.15) is 22.8 Å². The van der Waals surface area contributed by atoms with E-state index in [2.05, 4.69) is 6.92 Å². The third-order valence-electron chi connectivity index (χ3n) is 4.07. The summed E-state index contributed by atoms with van der Waals surface area (Å²) in [5, 5.41) is 9.12. The number of benzene rings is 1. The summed E-state index contributed by atoms with van der Waals surface area (Å²) in [6.45, 7) is 3.46. The molecule has 2 aliphatic rings. The number of thioether (sulfide) groups is 1. The van der Waals surface area contributed by atoms with Crippen LogP contribution in [-0.4, -0.2) is 52.6 Å². The van der Waals surface area contributed by atoms with E-state index in [1.807, 2.05) is 22.7 Å². The largest absolute Gasteiger partial charge is 0.478 e. The van der Waals surface area contributed by atoms with Gasteiger partial charge in [-0.05, 0) is 31.0 Å². The fourth-order valence-electron chi connectivity index (χ4n) is 2.88. The molecule has 2 aliphatic heterocycles. The zero-order chi connectivity index (χ0) is 15.0. The molecule has 112 valence electrons. The quantitative estimate of drug-likeness (QED) is 0.865. The topological polar surface area (TPSA) is 60.9 Å². The van der Waals surface area contributed by atoms with Gasteiger partial charge >= 0.3 is 12.0 Å². The Kier molecular flexibility index (Phi) is 3.80. The van der Waals surface area contributed by atoms with Crippen molar-refractivity contribution >= 4 is 29.4 Å². The predicted molar refractivity (Wildman–Crippen MR) is 83.3 cm³/mol. The summed E-state index contributed by atoms with van der Waals surface area (Å²) < 4.78 is 0. The van der Waals surface area contributed by atoms with Crippen molar-refractivity contribution in [2.24, 2.45) is 0 Å². The number of rotatable bonds is 1. The van der Waals surface area contributed by atoms with Gasteiger partial charge < -0.3 is 10.0 Å². The lowest BCUT2D eigenvalue weighted by Gasteiger charge is -2.36. The van der Waals surface area contributed by atoms with Gasteiger partial charge in [-0.15, -0.1) is 0 Å². The number of carboxylic acid groups (broad SMARTS) is 1. The number of aromatic carboxylic acids is 1. The van der Waals surface area contributed by atoms with Crippen molar-refractivity contribution < 1.29 is 14.7 Å². The Morgan fingerprint density at radius 3 is 2.86 bits per heavy atom. The number of nitrogens with zero attached hydrogens (tertiary/aromatic N) is 2. The number of fused-ring (bicyclic) bond motifs is 1. The van der Waals surface area contributed by atoms with Crippen LogP contribution in [0.5, 0.6) is 0 Å². The standard InChI is InChI=1S/C15H18N2O3S/c1-10-9-21-7-6-16(10)15(20)17-5-4-11-2-3-12(14(18)19)8-13(11)17/h2-3,8,10H,4-7,9H2,1H3,(H,18,19). The second-order valence-corrected chi connectivity index (χ2v) is 6.60. The van der Waals surface area contributed by atoms with Crippen LogP contribution in [0.2, 0.25) is 0 Å². The van der Waals surface area contributed by atoms with Gasteiger partial charge in [-0.25, -0.2) is 9.59 Å². The van der Waals surface area contributed by atoms with Crippen LogP contribution in [-0.2, 0) is 6.42 Å². The zero-order valence-electron chi connectivity index (χ0n) is 11.9. The van der Waals surface area contributed by atoms with Gasteiger partial charge in [0, 0.05) is 36.3 Å². The van der Waals surface area contributed by atoms with E-state index in [0.717, 1.165) is 35.7 Å². The number of hydrogen-bond donors (Lipinski definition) is 1. The van der Waals surface area contributed by atoms with E-state index in [1.54, 1.807) is 17.0 Å². The Hall–Kier alpha value is -1.69. The molecule has 0 bridgehead atoms. The fraction of sp³-hybridized carbons (Fsp3) is 0.467. The van der Waals surface area contributed by atoms with Crippen LogP contribution in [0.25, 0.3) is 0 Å². The lowest BCUT2D eigenvalue weighted by molar-refractivity contribution is 0.0697. The lowest BCUT2D eigenvalue weighted by atomic mass is 10.1. The lowest BCUT2D eigenvalue weighted by Crippen LogP contribution is -2.50. The summed E-state index contributed by atoms with van der Waals surface area (Å²) in [4.78, 5) is 27.5. The first kappa shape index (κ1) is 14.3. The average Bonchev–Trinajstić information content (AvgIpc) is 2.90. The smallest absolute Gasteiger partial charge is 0.335 e. The summed E-state index contributed by atoms with van der Waals surface area (Å²) in [6.07, 6.45) is 0.790. The molecule has 0 aromatic heterocycles. The molecular weight excluding hydrogens is 288 g/mol. The molecule has 1 N–H and O–H groups in total. The zero-order valence-corrected chi connectivity index (χ0v) is 12.7. The second-order valence-electron chi connectivity index (χ2n) is 5.45. The first-order chi connectivity index (χ1) is 10.1. The first-order valence-corrected chi connectivity index (χ1v) is 8.25. The Morgan fingerprint density at radius 2 is 2.14 bits per heavy atom. The predicted octanol–water partition coefficient (Wildman–Crippen LogP) is 2.30. The summed E-state index contributed by atoms with van der Waals surface area (Å²) in [5.74, 6) is 0.966. The normalized spacial score (nSPS) is 21.3. The van der Waals surface area contributed by atoms with Crippen LogP contribution in [0, 0.1) is 0 Å². The van der Waals surface area contributed by atoms with Crippen molar-refractivity contribution in [3.8, 4) is 0 Å². The molecule has 0 aliphatic carbocycles. The van der Waals surface area contributed by atoms with Gasteiger partial charge in [0.05, 0.1) is 5.56 Å². The van der Waals surface area contributed by atoms with Crippen molar-refractivity contribution in [2.75, 3.05) is 29.5 Å². The minimum atomic E-state index is -0.958. The van der Waals surface area contributed by atoms with E-state index in [0.29, 0.717) is 6.54 Å². The molecule has 1 atom stereocenters. The molecule has 1 fully saturated rings. The van der Waals surface area contributed by atoms with Gasteiger partial charge in [-0.3, -0.25) is 4.90 Å². The second kappa shape index (κ2) is 5.60. The van der Waals surface area contributed by atoms with Crippen molar-refractivity contribution in [1.82, 2.24) is 4.90 Å². The third kappa shape index (κ3) is 2.60. The Bertz CT molecular complexity index is 590. The third-order valence-corrected chi connectivity index (χ3v) is 5.26. The van der Waals surface area contributed by atoms with Crippen molar-refractivity contribution in [2.45, 2.75) is 19.4 Å². The van der Waals surface area contributed by atoms with E-state index in [9.17, 15) is 9.59 Å². The number of urea groups is 1. The van der Waals surface area contributed by atoms with E-state index >= 15 is 0 Å². The molecule has 21 heavy (non-hydrogen) atoms. The van der Waals surface area contributed by atoms with Crippen molar-refractivity contribution in [1.29, 1.82) is 0 Å². The molecule has 1 saturated heterocycles. The fourth-order valence-corrected chi connectivity index (χ4v) is 3.89. The van der Waals surface area contributed by atoms with Crippen molar-refractivity contribution in [3.05, 3.63) is 29.3 Å². The monoisotopic (exact) mass is 306 g/mol. The van der Waals surface area contributed by atoms with E-state index in [-0.39, 0.29) is 17.6 Å². The number of carbonyl (C=O) groups excluding carboxylic acids is 1. The van der Waals surface area contributed by atoms with Crippen LogP contribution < -0.4 is 4.90 Å². The Balaban J connectivity index is 1.87. The molecular formula is C15H18N2O3S. The molecule has 2 amide bonds. The maximum atomic E-state index is 12.7. The highest BCUT2D eigenvalue weighted by molar-refractivity contribution is 7.99. The molecule has 1 aromatic carbocycles. The number of hydrogen-bond acceptors (Lipinski definition) is 3. The molecule has 1 unspecified atom stereocenters. The minimum absolute atomic E-state index is 0.00379. The summed E-state index contributed by atoms with van der Waals surface area (Å²) >= 11 is 1.87. The van der Waals surface area contributed by atoms with Gasteiger partial charge in [-0.1, -0.05) is 6.07 Å².